The molecule has 0 saturated heterocycles. The maximum absolute atomic E-state index is 13.6. The third-order valence-corrected chi connectivity index (χ3v) is 4.10. The number of nitrogens with one attached hydrogen (secondary N) is 1. The SMILES string of the molecule is O=C(C[C@H](c1cccc(F)c1)n1cccc1)NCCCc1ccco1. The highest BCUT2D eigenvalue weighted by atomic mass is 19.1. The molecule has 25 heavy (non-hydrogen) atoms. The number of nitrogens with zero attached hydrogens (tertiary/aromatic N) is 1. The van der Waals surface area contributed by atoms with Gasteiger partial charge in [0.25, 0.3) is 0 Å². The van der Waals surface area contributed by atoms with Gasteiger partial charge in [0, 0.05) is 25.4 Å². The summed E-state index contributed by atoms with van der Waals surface area (Å²) in [6.45, 7) is 0.584. The Morgan fingerprint density at radius 2 is 2.00 bits per heavy atom. The Morgan fingerprint density at radius 1 is 1.16 bits per heavy atom. The molecule has 1 N–H and O–H groups in total. The van der Waals surface area contributed by atoms with Crippen LogP contribution in [0.3, 0.4) is 0 Å². The van der Waals surface area contributed by atoms with Crippen molar-refractivity contribution in [3.8, 4) is 0 Å². The molecule has 1 aromatic carbocycles. The number of rotatable bonds is 8. The van der Waals surface area contributed by atoms with E-state index in [1.54, 1.807) is 12.3 Å². The first-order valence-corrected chi connectivity index (χ1v) is 8.39. The van der Waals surface area contributed by atoms with Gasteiger partial charge in [0.2, 0.25) is 5.91 Å². The Morgan fingerprint density at radius 3 is 2.72 bits per heavy atom. The molecule has 2 aromatic heterocycles. The lowest BCUT2D eigenvalue weighted by Gasteiger charge is -2.19. The summed E-state index contributed by atoms with van der Waals surface area (Å²) in [6.07, 6.45) is 7.29. The molecule has 0 aliphatic rings. The van der Waals surface area contributed by atoms with Crippen LogP contribution in [0, 0.1) is 5.82 Å². The van der Waals surface area contributed by atoms with E-state index in [1.807, 2.05) is 47.3 Å². The van der Waals surface area contributed by atoms with Gasteiger partial charge in [-0.05, 0) is 48.4 Å². The van der Waals surface area contributed by atoms with E-state index in [4.69, 9.17) is 4.42 Å². The Kier molecular flexibility index (Phi) is 5.67. The van der Waals surface area contributed by atoms with Gasteiger partial charge in [-0.15, -0.1) is 0 Å². The van der Waals surface area contributed by atoms with Crippen molar-refractivity contribution in [2.75, 3.05) is 6.54 Å². The lowest BCUT2D eigenvalue weighted by atomic mass is 10.0. The van der Waals surface area contributed by atoms with E-state index in [0.717, 1.165) is 24.2 Å². The van der Waals surface area contributed by atoms with E-state index in [1.165, 1.54) is 12.1 Å². The van der Waals surface area contributed by atoms with Crippen LogP contribution in [-0.4, -0.2) is 17.0 Å². The summed E-state index contributed by atoms with van der Waals surface area (Å²) in [5, 5.41) is 2.93. The highest BCUT2D eigenvalue weighted by molar-refractivity contribution is 5.76. The second-order valence-electron chi connectivity index (χ2n) is 5.94. The lowest BCUT2D eigenvalue weighted by molar-refractivity contribution is -0.121. The molecule has 3 aromatic rings. The van der Waals surface area contributed by atoms with Crippen molar-refractivity contribution in [3.05, 3.63) is 84.3 Å². The average molecular weight is 340 g/mol. The van der Waals surface area contributed by atoms with Gasteiger partial charge in [-0.25, -0.2) is 4.39 Å². The van der Waals surface area contributed by atoms with Crippen molar-refractivity contribution in [1.82, 2.24) is 9.88 Å². The number of carbonyl (C=O) groups is 1. The second kappa shape index (κ2) is 8.33. The number of benzene rings is 1. The summed E-state index contributed by atoms with van der Waals surface area (Å²) in [7, 11) is 0. The van der Waals surface area contributed by atoms with Crippen LogP contribution >= 0.6 is 0 Å². The molecule has 4 nitrogen and oxygen atoms in total. The fourth-order valence-corrected chi connectivity index (χ4v) is 2.86. The van der Waals surface area contributed by atoms with Crippen molar-refractivity contribution in [2.24, 2.45) is 0 Å². The van der Waals surface area contributed by atoms with Crippen molar-refractivity contribution in [3.63, 3.8) is 0 Å². The van der Waals surface area contributed by atoms with Crippen molar-refractivity contribution in [1.29, 1.82) is 0 Å². The normalized spacial score (nSPS) is 12.0. The van der Waals surface area contributed by atoms with Crippen LogP contribution in [0.2, 0.25) is 0 Å². The van der Waals surface area contributed by atoms with Crippen LogP contribution < -0.4 is 5.32 Å². The van der Waals surface area contributed by atoms with Gasteiger partial charge in [-0.2, -0.15) is 0 Å². The molecule has 0 aliphatic heterocycles. The minimum Gasteiger partial charge on any atom is -0.469 e. The highest BCUT2D eigenvalue weighted by Crippen LogP contribution is 2.23. The van der Waals surface area contributed by atoms with Gasteiger partial charge in [0.15, 0.2) is 0 Å². The number of amides is 1. The smallest absolute Gasteiger partial charge is 0.222 e. The molecule has 0 unspecified atom stereocenters. The first kappa shape index (κ1) is 17.0. The molecule has 1 amide bonds. The Labute approximate surface area is 146 Å². The van der Waals surface area contributed by atoms with E-state index in [-0.39, 0.29) is 24.2 Å². The molecule has 0 bridgehead atoms. The van der Waals surface area contributed by atoms with Gasteiger partial charge < -0.3 is 14.3 Å². The first-order valence-electron chi connectivity index (χ1n) is 8.39. The van der Waals surface area contributed by atoms with Gasteiger partial charge >= 0.3 is 0 Å². The third-order valence-electron chi connectivity index (χ3n) is 4.10. The third kappa shape index (κ3) is 4.83. The molecule has 0 radical (unpaired) electrons. The number of halogens is 1. The van der Waals surface area contributed by atoms with Gasteiger partial charge in [-0.1, -0.05) is 12.1 Å². The largest absolute Gasteiger partial charge is 0.469 e. The lowest BCUT2D eigenvalue weighted by Crippen LogP contribution is -2.28. The summed E-state index contributed by atoms with van der Waals surface area (Å²) in [5.41, 5.74) is 0.780. The fourth-order valence-electron chi connectivity index (χ4n) is 2.86. The highest BCUT2D eigenvalue weighted by Gasteiger charge is 2.17. The van der Waals surface area contributed by atoms with Crippen molar-refractivity contribution < 1.29 is 13.6 Å². The number of hydrogen-bond acceptors (Lipinski definition) is 2. The van der Waals surface area contributed by atoms with E-state index in [2.05, 4.69) is 5.32 Å². The molecular weight excluding hydrogens is 319 g/mol. The molecule has 0 aliphatic carbocycles. The minimum absolute atomic E-state index is 0.0533. The van der Waals surface area contributed by atoms with Crippen LogP contribution in [0.4, 0.5) is 4.39 Å². The number of aryl methyl sites for hydroxylation is 1. The summed E-state index contributed by atoms with van der Waals surface area (Å²) in [4.78, 5) is 12.3. The topological polar surface area (TPSA) is 47.2 Å². The predicted octanol–water partition coefficient (Wildman–Crippen LogP) is 3.95. The first-order chi connectivity index (χ1) is 12.2. The quantitative estimate of drug-likeness (QED) is 0.631. The predicted molar refractivity (Wildman–Crippen MR) is 93.6 cm³/mol. The summed E-state index contributed by atoms with van der Waals surface area (Å²) in [5.74, 6) is 0.565. The standard InChI is InChI=1S/C20H21FN2O2/c21-17-7-3-6-16(14-17)19(23-11-1-2-12-23)15-20(24)22-10-4-8-18-9-5-13-25-18/h1-3,5-7,9,11-14,19H,4,8,10,15H2,(H,22,24)/t19-/m1/s1. The van der Waals surface area contributed by atoms with Gasteiger partial charge in [0.1, 0.15) is 11.6 Å². The van der Waals surface area contributed by atoms with Crippen LogP contribution in [-0.2, 0) is 11.2 Å². The molecule has 130 valence electrons. The van der Waals surface area contributed by atoms with E-state index in [0.29, 0.717) is 6.54 Å². The summed E-state index contributed by atoms with van der Waals surface area (Å²) >= 11 is 0. The zero-order valence-corrected chi connectivity index (χ0v) is 13.9. The fraction of sp³-hybridized carbons (Fsp3) is 0.250. The number of furan rings is 1. The van der Waals surface area contributed by atoms with Crippen LogP contribution in [0.15, 0.2) is 71.6 Å². The van der Waals surface area contributed by atoms with Crippen LogP contribution in [0.1, 0.15) is 30.2 Å². The van der Waals surface area contributed by atoms with Crippen LogP contribution in [0.25, 0.3) is 0 Å². The van der Waals surface area contributed by atoms with Crippen molar-refractivity contribution in [2.45, 2.75) is 25.3 Å². The minimum atomic E-state index is -0.298. The molecule has 3 rings (SSSR count). The molecule has 1 atom stereocenters. The van der Waals surface area contributed by atoms with Crippen molar-refractivity contribution >= 4 is 5.91 Å². The molecule has 5 heteroatoms. The average Bonchev–Trinajstić information content (AvgIpc) is 3.30. The maximum Gasteiger partial charge on any atom is 0.222 e. The molecule has 2 heterocycles. The van der Waals surface area contributed by atoms with E-state index < -0.39 is 0 Å². The van der Waals surface area contributed by atoms with E-state index >= 15 is 0 Å². The zero-order valence-electron chi connectivity index (χ0n) is 13.9. The van der Waals surface area contributed by atoms with Crippen LogP contribution in [0.5, 0.6) is 0 Å². The number of aromatic nitrogens is 1. The molecular formula is C20H21FN2O2. The Hall–Kier alpha value is -2.82. The van der Waals surface area contributed by atoms with Gasteiger partial charge in [0.05, 0.1) is 18.7 Å². The monoisotopic (exact) mass is 340 g/mol. The Balaban J connectivity index is 1.57. The molecule has 0 spiro atoms. The molecule has 0 fully saturated rings. The molecule has 0 saturated carbocycles. The number of hydrogen-bond donors (Lipinski definition) is 1. The maximum atomic E-state index is 13.6. The second-order valence-corrected chi connectivity index (χ2v) is 5.94. The zero-order chi connectivity index (χ0) is 17.5. The Bertz CT molecular complexity index is 782. The van der Waals surface area contributed by atoms with Gasteiger partial charge in [-0.3, -0.25) is 4.79 Å². The summed E-state index contributed by atoms with van der Waals surface area (Å²) < 4.78 is 20.8. The number of carbonyl (C=O) groups excluding carboxylic acids is 1. The summed E-state index contributed by atoms with van der Waals surface area (Å²) in [6, 6.07) is 13.7. The van der Waals surface area contributed by atoms with E-state index in [9.17, 15) is 9.18 Å².